The van der Waals surface area contributed by atoms with E-state index in [4.69, 9.17) is 21.4 Å². The van der Waals surface area contributed by atoms with Gasteiger partial charge in [0.2, 0.25) is 0 Å². The van der Waals surface area contributed by atoms with E-state index in [1.807, 2.05) is 182 Å². The van der Waals surface area contributed by atoms with E-state index in [2.05, 4.69) is 72.5 Å². The van der Waals surface area contributed by atoms with Crippen LogP contribution in [-0.2, 0) is 9.53 Å². The number of aromatic carboxylic acids is 2. The third-order valence-electron chi connectivity index (χ3n) is 21.1. The van der Waals surface area contributed by atoms with Gasteiger partial charge in [-0.3, -0.25) is 41.6 Å². The Bertz CT molecular complexity index is 8240. The zero-order chi connectivity index (χ0) is 83.4. The molecule has 0 unspecified atom stereocenters. The van der Waals surface area contributed by atoms with E-state index in [9.17, 15) is 48.6 Å². The minimum absolute atomic E-state index is 0. The second-order valence-corrected chi connectivity index (χ2v) is 30.5. The molecule has 0 saturated heterocycles. The van der Waals surface area contributed by atoms with Gasteiger partial charge in [0.25, 0.3) is 28.2 Å². The van der Waals surface area contributed by atoms with Crippen LogP contribution in [0.1, 0.15) is 55.8 Å². The molecule has 0 fully saturated rings. The van der Waals surface area contributed by atoms with E-state index in [1.165, 1.54) is 6.07 Å². The predicted octanol–water partition coefficient (Wildman–Crippen LogP) is 19.8. The highest BCUT2D eigenvalue weighted by Crippen LogP contribution is 2.39. The van der Waals surface area contributed by atoms with Crippen LogP contribution in [-0.4, -0.2) is 82.7 Å². The maximum atomic E-state index is 13.0. The molecule has 8 aromatic heterocycles. The van der Waals surface area contributed by atoms with Crippen LogP contribution in [0.5, 0.6) is 0 Å². The first kappa shape index (κ1) is 78.3. The van der Waals surface area contributed by atoms with Gasteiger partial charge in [0.1, 0.15) is 22.6 Å². The number of fused-ring (bicyclic) bond motifs is 16. The summed E-state index contributed by atoms with van der Waals surface area (Å²) < 4.78 is 14.1. The van der Waals surface area contributed by atoms with Crippen LogP contribution in [0.25, 0.3) is 164 Å². The number of nitrogens with two attached hydrogens (primary N) is 2. The highest BCUT2D eigenvalue weighted by Gasteiger charge is 2.29. The lowest BCUT2D eigenvalue weighted by atomic mass is 9.97. The number of aliphatic carboxylic acids is 1. The van der Waals surface area contributed by atoms with Gasteiger partial charge in [0.15, 0.2) is 0 Å². The molecule has 24 rings (SSSR count). The average Bonchev–Trinajstić information content (AvgIpc) is 1.64. The van der Waals surface area contributed by atoms with Crippen LogP contribution >= 0.6 is 47.8 Å². The molecule has 26 heteroatoms. The summed E-state index contributed by atoms with van der Waals surface area (Å²) in [6, 6.07) is 83.2. The van der Waals surface area contributed by atoms with Crippen LogP contribution in [0.15, 0.2) is 306 Å². The average molecular weight is 1790 g/mol. The molecular formula is C95H59Br3N10O13. The van der Waals surface area contributed by atoms with E-state index < -0.39 is 29.8 Å². The monoisotopic (exact) mass is 1780 g/mol. The maximum Gasteiger partial charge on any atom is 0.346 e. The highest BCUT2D eigenvalue weighted by atomic mass is 79.9. The van der Waals surface area contributed by atoms with Crippen LogP contribution < -0.4 is 33.7 Å². The molecule has 15 aromatic carbocycles. The van der Waals surface area contributed by atoms with Crippen molar-refractivity contribution < 1.29 is 44.0 Å². The number of carboxylic acids is 3. The summed E-state index contributed by atoms with van der Waals surface area (Å²) in [6.45, 7) is 1.08. The van der Waals surface area contributed by atoms with Crippen molar-refractivity contribution in [1.82, 2.24) is 37.5 Å². The van der Waals surface area contributed by atoms with Crippen LogP contribution in [0.2, 0.25) is 0 Å². The third-order valence-corrected chi connectivity index (χ3v) is 23.1. The lowest BCUT2D eigenvalue weighted by Gasteiger charge is -2.15. The van der Waals surface area contributed by atoms with Crippen molar-refractivity contribution in [2.75, 3.05) is 11.5 Å². The number of carbonyl (C=O) groups excluding carboxylic acids is 2. The summed E-state index contributed by atoms with van der Waals surface area (Å²) in [7, 11) is 0. The lowest BCUT2D eigenvalue weighted by molar-refractivity contribution is -0.134. The molecule has 23 nitrogen and oxygen atoms in total. The highest BCUT2D eigenvalue weighted by molar-refractivity contribution is 9.11. The molecule has 1 aliphatic heterocycles. The summed E-state index contributed by atoms with van der Waals surface area (Å²) in [5, 5.41) is 40.3. The summed E-state index contributed by atoms with van der Waals surface area (Å²) in [5.41, 5.74) is 21.9. The quantitative estimate of drug-likeness (QED) is 0.0610. The Morgan fingerprint density at radius 2 is 0.545 bits per heavy atom. The van der Waals surface area contributed by atoms with Crippen molar-refractivity contribution >= 4 is 253 Å². The predicted molar refractivity (Wildman–Crippen MR) is 487 cm³/mol. The molecule has 9 heterocycles. The van der Waals surface area contributed by atoms with Gasteiger partial charge in [0.05, 0.1) is 77.8 Å². The fraction of sp³-hybridized carbons (Fsp3) is 0.0211. The Labute approximate surface area is 705 Å². The number of carbonyl (C=O) groups is 5. The molecule has 0 radical (unpaired) electrons. The normalized spacial score (nSPS) is 11.7. The molecule has 121 heavy (non-hydrogen) atoms. The molecule has 0 amide bonds. The van der Waals surface area contributed by atoms with Gasteiger partial charge >= 0.3 is 23.9 Å². The van der Waals surface area contributed by atoms with Crippen molar-refractivity contribution in [1.29, 1.82) is 0 Å². The Balaban J connectivity index is 0.000000104. The fourth-order valence-electron chi connectivity index (χ4n) is 15.9. The number of esters is 2. The van der Waals surface area contributed by atoms with Crippen LogP contribution in [0, 0.1) is 0 Å². The third kappa shape index (κ3) is 13.1. The lowest BCUT2D eigenvalue weighted by Crippen LogP contribution is -2.19. The van der Waals surface area contributed by atoms with E-state index >= 15 is 0 Å². The van der Waals surface area contributed by atoms with E-state index in [0.29, 0.717) is 71.5 Å². The van der Waals surface area contributed by atoms with Gasteiger partial charge in [-0.05, 0) is 166 Å². The number of aromatic nitrogens is 8. The number of anilines is 2. The SMILES string of the molecule is C.CC(=O)O.Nc1ccccc1N.O=C(O)c1ccc2c(=O)n3c4ccccc4nc3c3cccc1c23.O=C(O)c1ccc2c3c1cccc3c(=O)n1c3ccccc3nc21.O=C1OC(=O)c2ccc(Br)c3cccc1c23.O=c1c2ccc(Br)c3cccc(c32)c2nc3ccccc3n12.O=c1c2cccc3c(Br)ccc(c32)c2nc3ccccc3n12. The minimum Gasteiger partial charge on any atom is -0.481 e. The van der Waals surface area contributed by atoms with E-state index in [0.717, 1.165) is 135 Å². The van der Waals surface area contributed by atoms with Crippen molar-refractivity contribution in [3.63, 3.8) is 0 Å². The maximum absolute atomic E-state index is 13.0. The first-order chi connectivity index (χ1) is 58.1. The molecule has 0 aliphatic carbocycles. The van der Waals surface area contributed by atoms with Crippen molar-refractivity contribution in [3.8, 4) is 0 Å². The summed E-state index contributed by atoms with van der Waals surface area (Å²) in [4.78, 5) is 126. The zero-order valence-corrected chi connectivity index (χ0v) is 67.0. The Hall–Kier alpha value is -15.3. The molecule has 7 N–H and O–H groups in total. The number of para-hydroxylation sites is 10. The Morgan fingerprint density at radius 1 is 0.298 bits per heavy atom. The zero-order valence-electron chi connectivity index (χ0n) is 62.3. The van der Waals surface area contributed by atoms with Gasteiger partial charge in [0, 0.05) is 90.4 Å². The second kappa shape index (κ2) is 31.0. The number of hydrogen-bond donors (Lipinski definition) is 5. The number of nitrogen functional groups attached to an aromatic ring is 2. The first-order valence-corrected chi connectivity index (χ1v) is 39.3. The van der Waals surface area contributed by atoms with Crippen LogP contribution in [0.3, 0.4) is 0 Å². The topological polar surface area (TPSA) is 345 Å². The summed E-state index contributed by atoms with van der Waals surface area (Å²) in [5.74, 6) is -4.02. The number of imidazole rings is 4. The summed E-state index contributed by atoms with van der Waals surface area (Å²) in [6.07, 6.45) is 0. The van der Waals surface area contributed by atoms with Gasteiger partial charge < -0.3 is 31.5 Å². The van der Waals surface area contributed by atoms with Gasteiger partial charge in [-0.15, -0.1) is 0 Å². The number of benzene rings is 15. The van der Waals surface area contributed by atoms with Gasteiger partial charge in [-0.2, -0.15) is 0 Å². The number of ether oxygens (including phenoxy) is 1. The molecule has 0 bridgehead atoms. The molecule has 0 spiro atoms. The standard InChI is InChI=1S/2C19H10N2O3.2C18H9BrN2O.C12H5BrO3.C6H8N2.C2H4O2.CH4/c22-18-13-5-3-4-10-11(19(23)24)8-9-12(16(10)13)17-20-14-6-1-2-7-15(14)21(17)18;22-18-13-9-8-11(19(23)24)10-4-3-5-12(16(10)13)17-20-14-6-1-2-7-15(14)21(17)18;19-13-9-8-11-16-10(13)4-3-5-12(16)18(22)21-15-7-2-1-6-14(15)20-17(11)21;19-13-9-8-12-16-10(13)4-3-5-11(16)17-20-14-6-1-2-7-15(14)21(17)18(12)22;13-9-5-4-8-10-6(9)2-1-3-7(10)11(14)16-12(8)15;7-5-3-1-2-4-6(5)8;1-2(3)4;/h2*1-9H,(H,23,24);2*1-9H;1-5H;1-4H,7-8H2;1H3,(H,3,4);1H4. The second-order valence-electron chi connectivity index (χ2n) is 27.9. The van der Waals surface area contributed by atoms with Crippen molar-refractivity contribution in [2.45, 2.75) is 14.4 Å². The number of halogens is 3. The fourth-order valence-corrected chi connectivity index (χ4v) is 17.3. The first-order valence-electron chi connectivity index (χ1n) is 36.9. The smallest absolute Gasteiger partial charge is 0.346 e. The Kier molecular flexibility index (Phi) is 20.0. The number of cyclic esters (lactones) is 2. The molecule has 23 aromatic rings. The van der Waals surface area contributed by atoms with Gasteiger partial charge in [-0.25, -0.2) is 39.1 Å². The molecule has 1 aliphatic rings. The molecule has 588 valence electrons. The molecular weight excluding hydrogens is 1730 g/mol. The number of hydrogen-bond acceptors (Lipinski definition) is 16. The largest absolute Gasteiger partial charge is 0.481 e. The minimum atomic E-state index is -1.01. The molecule has 0 atom stereocenters. The Morgan fingerprint density at radius 3 is 0.901 bits per heavy atom. The van der Waals surface area contributed by atoms with Crippen LogP contribution in [0.4, 0.5) is 11.4 Å². The number of rotatable bonds is 2. The van der Waals surface area contributed by atoms with Crippen molar-refractivity contribution in [2.24, 2.45) is 0 Å². The van der Waals surface area contributed by atoms with Gasteiger partial charge in [-0.1, -0.05) is 189 Å². The number of nitrogens with zero attached hydrogens (tertiary/aromatic N) is 8. The van der Waals surface area contributed by atoms with E-state index in [-0.39, 0.29) is 40.8 Å². The van der Waals surface area contributed by atoms with E-state index in [1.54, 1.807) is 103 Å². The summed E-state index contributed by atoms with van der Waals surface area (Å²) >= 11 is 10.5. The molecule has 0 saturated carbocycles. The number of carboxylic acid groups (broad SMARTS) is 3. The van der Waals surface area contributed by atoms with Crippen molar-refractivity contribution in [3.05, 3.63) is 350 Å². The number of pyridine rings is 4.